The Labute approximate surface area is 183 Å². The smallest absolute Gasteiger partial charge is 0.260 e. The van der Waals surface area contributed by atoms with Gasteiger partial charge < -0.3 is 18.9 Å². The van der Waals surface area contributed by atoms with Crippen molar-refractivity contribution in [1.29, 1.82) is 0 Å². The van der Waals surface area contributed by atoms with Crippen molar-refractivity contribution in [3.8, 4) is 11.5 Å². The maximum atomic E-state index is 13.7. The number of hydrogen-bond donors (Lipinski definition) is 0. The molecular weight excluding hydrogens is 392 g/mol. The molecule has 31 heavy (non-hydrogen) atoms. The Kier molecular flexibility index (Phi) is 6.68. The van der Waals surface area contributed by atoms with E-state index in [0.717, 1.165) is 11.3 Å². The second-order valence-electron chi connectivity index (χ2n) is 8.04. The van der Waals surface area contributed by atoms with Crippen molar-refractivity contribution in [1.82, 2.24) is 4.57 Å². The van der Waals surface area contributed by atoms with Gasteiger partial charge in [0.15, 0.2) is 11.5 Å². The van der Waals surface area contributed by atoms with Crippen molar-refractivity contribution < 1.29 is 14.3 Å². The largest absolute Gasteiger partial charge is 0.493 e. The van der Waals surface area contributed by atoms with Gasteiger partial charge >= 0.3 is 0 Å². The van der Waals surface area contributed by atoms with E-state index >= 15 is 0 Å². The van der Waals surface area contributed by atoms with Crippen LogP contribution in [0.1, 0.15) is 36.7 Å². The molecule has 0 spiro atoms. The highest BCUT2D eigenvalue weighted by atomic mass is 16.5. The number of hydrogen-bond acceptors (Lipinski definition) is 4. The van der Waals surface area contributed by atoms with E-state index < -0.39 is 0 Å². The summed E-state index contributed by atoms with van der Waals surface area (Å²) in [5, 5.41) is 0.989. The third kappa shape index (κ3) is 4.43. The zero-order valence-corrected chi connectivity index (χ0v) is 19.1. The first-order valence-corrected chi connectivity index (χ1v) is 10.5. The number of amides is 1. The van der Waals surface area contributed by atoms with Gasteiger partial charge in [0.05, 0.1) is 25.2 Å². The molecule has 0 aliphatic carbocycles. The van der Waals surface area contributed by atoms with E-state index in [1.54, 1.807) is 27.8 Å². The van der Waals surface area contributed by atoms with Gasteiger partial charge in [0.25, 0.3) is 11.5 Å². The van der Waals surface area contributed by atoms with Gasteiger partial charge in [-0.2, -0.15) is 0 Å². The van der Waals surface area contributed by atoms with Crippen LogP contribution in [0.15, 0.2) is 47.4 Å². The van der Waals surface area contributed by atoms with E-state index in [0.29, 0.717) is 40.9 Å². The van der Waals surface area contributed by atoms with E-state index in [2.05, 4.69) is 0 Å². The lowest BCUT2D eigenvalue weighted by Crippen LogP contribution is -2.33. The molecule has 0 saturated heterocycles. The van der Waals surface area contributed by atoms with Crippen LogP contribution in [0.4, 0.5) is 5.69 Å². The minimum atomic E-state index is -0.164. The molecule has 6 heteroatoms. The lowest BCUT2D eigenvalue weighted by Gasteiger charge is -2.23. The van der Waals surface area contributed by atoms with Crippen molar-refractivity contribution in [2.45, 2.75) is 34.2 Å². The molecule has 0 radical (unpaired) electrons. The molecule has 1 aromatic heterocycles. The van der Waals surface area contributed by atoms with Crippen molar-refractivity contribution in [2.24, 2.45) is 5.92 Å². The first-order chi connectivity index (χ1) is 14.8. The highest BCUT2D eigenvalue weighted by molar-refractivity contribution is 6.14. The fourth-order valence-corrected chi connectivity index (χ4v) is 3.80. The second kappa shape index (κ2) is 9.25. The molecule has 0 bridgehead atoms. The van der Waals surface area contributed by atoms with Crippen LogP contribution in [0.25, 0.3) is 10.8 Å². The monoisotopic (exact) mass is 422 g/mol. The number of benzene rings is 2. The molecule has 1 heterocycles. The molecular formula is C25H30N2O4. The summed E-state index contributed by atoms with van der Waals surface area (Å²) >= 11 is 0. The molecule has 0 aliphatic heterocycles. The normalized spacial score (nSPS) is 11.1. The first-order valence-electron chi connectivity index (χ1n) is 10.5. The fraction of sp³-hybridized carbons (Fsp3) is 0.360. The second-order valence-corrected chi connectivity index (χ2v) is 8.04. The summed E-state index contributed by atoms with van der Waals surface area (Å²) in [5.74, 6) is 1.02. The molecule has 0 N–H and O–H groups in total. The molecule has 3 aromatic rings. The predicted molar refractivity (Wildman–Crippen MR) is 125 cm³/mol. The van der Waals surface area contributed by atoms with E-state index in [1.807, 2.05) is 52.0 Å². The molecule has 0 unspecified atom stereocenters. The Balaban J connectivity index is 2.29. The minimum absolute atomic E-state index is 0.153. The number of carbonyl (C=O) groups is 1. The Hall–Kier alpha value is -3.28. The van der Waals surface area contributed by atoms with Crippen molar-refractivity contribution in [3.05, 3.63) is 64.1 Å². The molecule has 3 rings (SSSR count). The van der Waals surface area contributed by atoms with Gasteiger partial charge in [-0.15, -0.1) is 0 Å². The maximum absolute atomic E-state index is 13.7. The highest BCUT2D eigenvalue weighted by Crippen LogP contribution is 2.33. The number of anilines is 1. The summed E-state index contributed by atoms with van der Waals surface area (Å²) in [6.45, 7) is 9.03. The predicted octanol–water partition coefficient (Wildman–Crippen LogP) is 4.65. The number of fused-ring (bicyclic) bond motifs is 1. The fourth-order valence-electron chi connectivity index (χ4n) is 3.80. The summed E-state index contributed by atoms with van der Waals surface area (Å²) in [7, 11) is 3.07. The number of rotatable bonds is 7. The van der Waals surface area contributed by atoms with E-state index in [1.165, 1.54) is 14.2 Å². The number of carbonyl (C=O) groups excluding carboxylic acids is 1. The third-order valence-corrected chi connectivity index (χ3v) is 5.26. The number of nitrogens with zero attached hydrogens (tertiary/aromatic N) is 2. The number of aryl methyl sites for hydroxylation is 1. The van der Waals surface area contributed by atoms with Crippen LogP contribution in [-0.4, -0.2) is 31.2 Å². The lowest BCUT2D eigenvalue weighted by molar-refractivity contribution is 0.0989. The average Bonchev–Trinajstić information content (AvgIpc) is 2.75. The molecule has 0 saturated carbocycles. The van der Waals surface area contributed by atoms with Crippen LogP contribution in [0.5, 0.6) is 11.5 Å². The Morgan fingerprint density at radius 2 is 1.71 bits per heavy atom. The van der Waals surface area contributed by atoms with Gasteiger partial charge in [0, 0.05) is 30.4 Å². The van der Waals surface area contributed by atoms with Gasteiger partial charge in [-0.3, -0.25) is 9.59 Å². The Morgan fingerprint density at radius 1 is 1.06 bits per heavy atom. The van der Waals surface area contributed by atoms with E-state index in [9.17, 15) is 9.59 Å². The third-order valence-electron chi connectivity index (χ3n) is 5.26. The number of aromatic nitrogens is 1. The molecule has 164 valence electrons. The van der Waals surface area contributed by atoms with E-state index in [4.69, 9.17) is 9.47 Å². The molecule has 0 aliphatic rings. The summed E-state index contributed by atoms with van der Waals surface area (Å²) < 4.78 is 12.5. The van der Waals surface area contributed by atoms with Gasteiger partial charge in [0.1, 0.15) is 0 Å². The number of ether oxygens (including phenoxy) is 2. The summed E-state index contributed by atoms with van der Waals surface area (Å²) in [6.07, 6.45) is 1.68. The SMILES string of the molecule is CCN(C(=O)c1cn(CC(C)C)c(=O)c2cc(OC)c(OC)cc12)c1cccc(C)c1. The highest BCUT2D eigenvalue weighted by Gasteiger charge is 2.23. The van der Waals surface area contributed by atoms with Crippen molar-refractivity contribution >= 4 is 22.4 Å². The van der Waals surface area contributed by atoms with Gasteiger partial charge in [-0.05, 0) is 49.6 Å². The molecule has 2 aromatic carbocycles. The van der Waals surface area contributed by atoms with Gasteiger partial charge in [-0.25, -0.2) is 0 Å². The first kappa shape index (κ1) is 22.4. The van der Waals surface area contributed by atoms with Crippen LogP contribution < -0.4 is 19.9 Å². The molecule has 6 nitrogen and oxygen atoms in total. The molecule has 1 amide bonds. The zero-order chi connectivity index (χ0) is 22.7. The van der Waals surface area contributed by atoms with Crippen LogP contribution in [0.3, 0.4) is 0 Å². The topological polar surface area (TPSA) is 60.8 Å². The number of methoxy groups -OCH3 is 2. The Bertz CT molecular complexity index is 1160. The maximum Gasteiger partial charge on any atom is 0.260 e. The van der Waals surface area contributed by atoms with E-state index in [-0.39, 0.29) is 17.4 Å². The van der Waals surface area contributed by atoms with Gasteiger partial charge in [-0.1, -0.05) is 26.0 Å². The molecule has 0 atom stereocenters. The quantitative estimate of drug-likeness (QED) is 0.556. The van der Waals surface area contributed by atoms with Crippen LogP contribution >= 0.6 is 0 Å². The van der Waals surface area contributed by atoms with Crippen molar-refractivity contribution in [3.63, 3.8) is 0 Å². The summed E-state index contributed by atoms with van der Waals surface area (Å²) in [5.41, 5.74) is 2.20. The lowest BCUT2D eigenvalue weighted by atomic mass is 10.0. The standard InChI is InChI=1S/C25H30N2O4/c1-7-27(18-10-8-9-17(4)11-18)25(29)21-15-26(14-16(2)3)24(28)20-13-23(31-6)22(30-5)12-19(20)21/h8-13,15-16H,7,14H2,1-6H3. The summed E-state index contributed by atoms with van der Waals surface area (Å²) in [6, 6.07) is 11.2. The summed E-state index contributed by atoms with van der Waals surface area (Å²) in [4.78, 5) is 28.7. The van der Waals surface area contributed by atoms with Crippen LogP contribution in [-0.2, 0) is 6.54 Å². The molecule has 0 fully saturated rings. The zero-order valence-electron chi connectivity index (χ0n) is 19.1. The van der Waals surface area contributed by atoms with Crippen LogP contribution in [0.2, 0.25) is 0 Å². The van der Waals surface area contributed by atoms with Crippen molar-refractivity contribution in [2.75, 3.05) is 25.7 Å². The van der Waals surface area contributed by atoms with Gasteiger partial charge in [0.2, 0.25) is 0 Å². The Morgan fingerprint density at radius 3 is 2.26 bits per heavy atom. The number of pyridine rings is 1. The van der Waals surface area contributed by atoms with Crippen LogP contribution in [0, 0.1) is 12.8 Å². The average molecular weight is 423 g/mol. The minimum Gasteiger partial charge on any atom is -0.493 e.